The lowest BCUT2D eigenvalue weighted by molar-refractivity contribution is -0.276. The fourth-order valence-corrected chi connectivity index (χ4v) is 5.07. The molecule has 2 aromatic carbocycles. The number of carboxylic acid groups (broad SMARTS) is 1. The first-order valence-electron chi connectivity index (χ1n) is 13.3. The van der Waals surface area contributed by atoms with Gasteiger partial charge in [-0.15, -0.1) is 0 Å². The molecular formula is C29H38N2O6. The van der Waals surface area contributed by atoms with Gasteiger partial charge in [0.1, 0.15) is 0 Å². The maximum absolute atomic E-state index is 12.1. The zero-order valence-corrected chi connectivity index (χ0v) is 21.5. The maximum Gasteiger partial charge on any atom is 0.303 e. The van der Waals surface area contributed by atoms with Crippen LogP contribution in [0, 0.1) is 5.92 Å². The topological polar surface area (TPSA) is 108 Å². The lowest BCUT2D eigenvalue weighted by atomic mass is 9.89. The third-order valence-electron chi connectivity index (χ3n) is 7.27. The lowest BCUT2D eigenvalue weighted by Crippen LogP contribution is -2.45. The summed E-state index contributed by atoms with van der Waals surface area (Å²) in [5.41, 5.74) is 3.45. The van der Waals surface area contributed by atoms with Crippen LogP contribution in [0.2, 0.25) is 0 Å². The van der Waals surface area contributed by atoms with Crippen molar-refractivity contribution in [2.75, 3.05) is 25.0 Å². The van der Waals surface area contributed by atoms with Gasteiger partial charge in [-0.1, -0.05) is 49.7 Å². The second kappa shape index (κ2) is 13.1. The molecule has 3 N–H and O–H groups in total. The Labute approximate surface area is 218 Å². The van der Waals surface area contributed by atoms with E-state index in [4.69, 9.17) is 14.6 Å². The predicted octanol–water partition coefficient (Wildman–Crippen LogP) is 4.65. The average molecular weight is 511 g/mol. The monoisotopic (exact) mass is 510 g/mol. The number of amides is 1. The Hall–Kier alpha value is -2.78. The number of anilines is 1. The number of benzene rings is 2. The molecule has 0 radical (unpaired) electrons. The number of aliphatic carboxylic acids is 1. The predicted molar refractivity (Wildman–Crippen MR) is 140 cm³/mol. The van der Waals surface area contributed by atoms with Gasteiger partial charge in [0.25, 0.3) is 0 Å². The van der Waals surface area contributed by atoms with E-state index in [1.807, 2.05) is 48.5 Å². The minimum Gasteiger partial charge on any atom is -0.481 e. The summed E-state index contributed by atoms with van der Waals surface area (Å²) in [6.07, 6.45) is 3.45. The molecule has 0 saturated carbocycles. The molecule has 2 aliphatic rings. The number of aliphatic hydroxyl groups is 1. The van der Waals surface area contributed by atoms with Crippen molar-refractivity contribution in [3.8, 4) is 0 Å². The first kappa shape index (κ1) is 27.3. The molecule has 0 aromatic heterocycles. The number of aliphatic hydroxyl groups excluding tert-OH is 1. The van der Waals surface area contributed by atoms with Crippen LogP contribution in [-0.2, 0) is 25.7 Å². The quantitative estimate of drug-likeness (QED) is 0.427. The smallest absolute Gasteiger partial charge is 0.303 e. The van der Waals surface area contributed by atoms with Gasteiger partial charge in [-0.25, -0.2) is 0 Å². The minimum absolute atomic E-state index is 0.00650. The van der Waals surface area contributed by atoms with Crippen molar-refractivity contribution < 1.29 is 29.3 Å². The van der Waals surface area contributed by atoms with E-state index in [-0.39, 0.29) is 43.5 Å². The van der Waals surface area contributed by atoms with Gasteiger partial charge in [0.2, 0.25) is 5.91 Å². The fraction of sp³-hybridized carbons (Fsp3) is 0.517. The van der Waals surface area contributed by atoms with Crippen molar-refractivity contribution in [1.82, 2.24) is 4.90 Å². The van der Waals surface area contributed by atoms with Crippen LogP contribution in [0.25, 0.3) is 0 Å². The molecule has 0 aliphatic carbocycles. The first-order chi connectivity index (χ1) is 17.9. The largest absolute Gasteiger partial charge is 0.481 e. The molecular weight excluding hydrogens is 472 g/mol. The number of carboxylic acids is 1. The fourth-order valence-electron chi connectivity index (χ4n) is 5.07. The van der Waals surface area contributed by atoms with Gasteiger partial charge < -0.3 is 29.9 Å². The maximum atomic E-state index is 12.1. The van der Waals surface area contributed by atoms with E-state index >= 15 is 0 Å². The number of nitrogens with zero attached hydrogens (tertiary/aromatic N) is 1. The van der Waals surface area contributed by atoms with Gasteiger partial charge in [-0.2, -0.15) is 0 Å². The normalized spacial score (nSPS) is 24.5. The molecule has 0 spiro atoms. The molecule has 0 bridgehead atoms. The number of piperidine rings is 1. The van der Waals surface area contributed by atoms with E-state index in [9.17, 15) is 14.7 Å². The molecule has 8 nitrogen and oxygen atoms in total. The highest BCUT2D eigenvalue weighted by Gasteiger charge is 2.39. The van der Waals surface area contributed by atoms with Crippen molar-refractivity contribution in [2.24, 2.45) is 5.92 Å². The van der Waals surface area contributed by atoms with Crippen LogP contribution in [-0.4, -0.2) is 52.7 Å². The van der Waals surface area contributed by atoms with Crippen LogP contribution in [0.4, 0.5) is 5.69 Å². The summed E-state index contributed by atoms with van der Waals surface area (Å²) in [5, 5.41) is 21.0. The number of carbonyl (C=O) groups is 2. The zero-order chi connectivity index (χ0) is 26.2. The molecule has 200 valence electrons. The first-order valence-corrected chi connectivity index (χ1v) is 13.3. The number of likely N-dealkylation sites (tertiary alicyclic amines) is 1. The van der Waals surface area contributed by atoms with E-state index in [0.717, 1.165) is 36.3 Å². The average Bonchev–Trinajstić information content (AvgIpc) is 2.91. The molecule has 2 fully saturated rings. The third kappa shape index (κ3) is 7.61. The zero-order valence-electron chi connectivity index (χ0n) is 21.5. The molecule has 37 heavy (non-hydrogen) atoms. The molecule has 2 heterocycles. The summed E-state index contributed by atoms with van der Waals surface area (Å²) in [7, 11) is 0. The van der Waals surface area contributed by atoms with E-state index < -0.39 is 12.3 Å². The Balaban J connectivity index is 1.47. The van der Waals surface area contributed by atoms with Gasteiger partial charge in [-0.3, -0.25) is 9.59 Å². The molecule has 8 heteroatoms. The molecule has 4 rings (SSSR count). The van der Waals surface area contributed by atoms with Gasteiger partial charge in [0, 0.05) is 36.6 Å². The van der Waals surface area contributed by atoms with Crippen LogP contribution in [0.15, 0.2) is 48.5 Å². The highest BCUT2D eigenvalue weighted by molar-refractivity contribution is 5.90. The Kier molecular flexibility index (Phi) is 9.68. The number of rotatable bonds is 10. The molecule has 4 atom stereocenters. The number of ether oxygens (including phenoxy) is 2. The summed E-state index contributed by atoms with van der Waals surface area (Å²) in [6, 6.07) is 15.4. The Bertz CT molecular complexity index is 1020. The van der Waals surface area contributed by atoms with Crippen LogP contribution >= 0.6 is 0 Å². The second-order valence-corrected chi connectivity index (χ2v) is 10.1. The summed E-state index contributed by atoms with van der Waals surface area (Å²) in [4.78, 5) is 25.3. The van der Waals surface area contributed by atoms with Crippen LogP contribution in [0.1, 0.15) is 74.5 Å². The highest BCUT2D eigenvalue weighted by atomic mass is 16.7. The lowest BCUT2D eigenvalue weighted by Gasteiger charge is -2.43. The Morgan fingerprint density at radius 1 is 0.946 bits per heavy atom. The number of carbonyl (C=O) groups excluding carboxylic acids is 1. The van der Waals surface area contributed by atoms with Gasteiger partial charge >= 0.3 is 5.97 Å². The minimum atomic E-state index is -0.903. The number of hydrogen-bond acceptors (Lipinski definition) is 6. The molecule has 4 unspecified atom stereocenters. The van der Waals surface area contributed by atoms with Crippen LogP contribution in [0.5, 0.6) is 0 Å². The third-order valence-corrected chi connectivity index (χ3v) is 7.27. The highest BCUT2D eigenvalue weighted by Crippen LogP contribution is 2.42. The molecule has 1 amide bonds. The summed E-state index contributed by atoms with van der Waals surface area (Å²) >= 11 is 0. The van der Waals surface area contributed by atoms with Crippen LogP contribution in [0.3, 0.4) is 0 Å². The van der Waals surface area contributed by atoms with Crippen molar-refractivity contribution in [3.63, 3.8) is 0 Å². The van der Waals surface area contributed by atoms with E-state index in [1.54, 1.807) is 0 Å². The van der Waals surface area contributed by atoms with Crippen molar-refractivity contribution in [3.05, 3.63) is 65.2 Å². The molecule has 2 aromatic rings. The number of nitrogens with one attached hydrogen (secondary N) is 1. The summed E-state index contributed by atoms with van der Waals surface area (Å²) < 4.78 is 13.0. The summed E-state index contributed by atoms with van der Waals surface area (Å²) in [6.45, 7) is 5.23. The van der Waals surface area contributed by atoms with Gasteiger partial charge in [0.15, 0.2) is 6.29 Å². The Morgan fingerprint density at radius 2 is 1.62 bits per heavy atom. The standard InChI is InChI=1S/C29H38N2O6/c1-20-25(18-31-16-3-2-4-17-31)36-29(37-28(20)22-10-8-21(19-32)9-11-22)23-12-14-24(15-13-23)30-26(33)6-5-7-27(34)35/h8-15,20,25,28-29,32H,2-7,16-19H2,1H3,(H,30,33)(H,34,35). The molecule has 2 saturated heterocycles. The van der Waals surface area contributed by atoms with Crippen molar-refractivity contribution in [1.29, 1.82) is 0 Å². The number of hydrogen-bond donors (Lipinski definition) is 3. The summed E-state index contributed by atoms with van der Waals surface area (Å²) in [5.74, 6) is -0.969. The SMILES string of the molecule is CC1C(CN2CCCCC2)OC(c2ccc(NC(=O)CCCC(=O)O)cc2)OC1c1ccc(CO)cc1. The van der Waals surface area contributed by atoms with Gasteiger partial charge in [0.05, 0.1) is 18.8 Å². The van der Waals surface area contributed by atoms with Gasteiger partial charge in [-0.05, 0) is 55.6 Å². The van der Waals surface area contributed by atoms with Crippen LogP contribution < -0.4 is 5.32 Å². The van der Waals surface area contributed by atoms with Crippen molar-refractivity contribution >= 4 is 17.6 Å². The van der Waals surface area contributed by atoms with E-state index in [1.165, 1.54) is 19.3 Å². The van der Waals surface area contributed by atoms with E-state index in [2.05, 4.69) is 17.1 Å². The molecule has 2 aliphatic heterocycles. The second-order valence-electron chi connectivity index (χ2n) is 10.1. The Morgan fingerprint density at radius 3 is 2.27 bits per heavy atom. The van der Waals surface area contributed by atoms with E-state index in [0.29, 0.717) is 12.1 Å². The van der Waals surface area contributed by atoms with Crippen molar-refractivity contribution in [2.45, 2.75) is 70.6 Å².